The molecule has 1 heterocycles. The molecule has 1 N–H and O–H groups in total. The quantitative estimate of drug-likeness (QED) is 0.0558. The number of hydrogen-bond donors (Lipinski definition) is 1. The van der Waals surface area contributed by atoms with Crippen molar-refractivity contribution in [3.05, 3.63) is 70.1 Å². The van der Waals surface area contributed by atoms with Gasteiger partial charge in [0.1, 0.15) is 6.10 Å². The van der Waals surface area contributed by atoms with Crippen LogP contribution in [-0.4, -0.2) is 56.8 Å². The summed E-state index contributed by atoms with van der Waals surface area (Å²) in [6, 6.07) is 14.9. The van der Waals surface area contributed by atoms with Crippen LogP contribution in [0.5, 0.6) is 11.5 Å². The molecule has 5 atom stereocenters. The molecule has 2 aromatic carbocycles. The van der Waals surface area contributed by atoms with E-state index in [1.165, 1.54) is 0 Å². The third-order valence-corrected chi connectivity index (χ3v) is 8.13. The summed E-state index contributed by atoms with van der Waals surface area (Å²) in [5.41, 5.74) is 11.1. The van der Waals surface area contributed by atoms with E-state index in [2.05, 4.69) is 10.0 Å². The molecule has 3 rings (SSSR count). The Morgan fingerprint density at radius 1 is 1.00 bits per heavy atom. The first-order chi connectivity index (χ1) is 21.2. The zero-order valence-electron chi connectivity index (χ0n) is 26.8. The van der Waals surface area contributed by atoms with Gasteiger partial charge in [-0.2, -0.15) is 0 Å². The number of rotatable bonds is 20. The summed E-state index contributed by atoms with van der Waals surface area (Å²) < 4.78 is 28.7. The maximum absolute atomic E-state index is 12.4. The number of aliphatic hydroxyl groups is 1. The molecule has 1 aliphatic rings. The van der Waals surface area contributed by atoms with Gasteiger partial charge in [0.2, 0.25) is 0 Å². The van der Waals surface area contributed by atoms with E-state index in [9.17, 15) is 15.4 Å². The number of azide groups is 1. The molecule has 1 fully saturated rings. The summed E-state index contributed by atoms with van der Waals surface area (Å²) in [5.74, 6) is 0.580. The lowest BCUT2D eigenvalue weighted by molar-refractivity contribution is -0.146. The van der Waals surface area contributed by atoms with Gasteiger partial charge in [-0.1, -0.05) is 69.2 Å². The van der Waals surface area contributed by atoms with Crippen molar-refractivity contribution in [2.45, 2.75) is 78.2 Å². The molecule has 0 spiro atoms. The normalized spacial score (nSPS) is 18.5. The van der Waals surface area contributed by atoms with Gasteiger partial charge in [0.25, 0.3) is 0 Å². The molecule has 44 heavy (non-hydrogen) atoms. The summed E-state index contributed by atoms with van der Waals surface area (Å²) in [5, 5.41) is 15.6. The number of hydrogen-bond acceptors (Lipinski definition) is 8. The topological polar surface area (TPSA) is 132 Å². The van der Waals surface area contributed by atoms with E-state index < -0.39 is 18.2 Å². The third-order valence-electron chi connectivity index (χ3n) is 8.13. The molecule has 0 bridgehead atoms. The Bertz CT molecular complexity index is 1190. The number of carbonyl (C=O) groups is 1. The lowest BCUT2D eigenvalue weighted by atomic mass is 9.80. The molecular weight excluding hydrogens is 562 g/mol. The first kappa shape index (κ1) is 35.2. The fourth-order valence-corrected chi connectivity index (χ4v) is 5.48. The molecule has 0 saturated carbocycles. The standard InChI is InChI=1S/C34H49N3O7/c1-23(2)27(20-29(36-37-35)31-21-28(24(3)4)34(39)44-31)33(38)26-13-14-30(32(19-26)43-17-9-15-40-5)42-18-10-16-41-22-25-11-7-6-8-12-25/h6-8,11-14,19,23-24,27-29,31,33,38H,9-10,15-18,20-22H2,1-5H3/t27-,28-,29-,31-,33?/m0/s1. The van der Waals surface area contributed by atoms with Gasteiger partial charge in [-0.25, -0.2) is 0 Å². The van der Waals surface area contributed by atoms with Gasteiger partial charge in [-0.3, -0.25) is 4.79 Å². The zero-order chi connectivity index (χ0) is 31.9. The van der Waals surface area contributed by atoms with E-state index >= 15 is 0 Å². The van der Waals surface area contributed by atoms with E-state index in [0.717, 1.165) is 5.56 Å². The fourth-order valence-electron chi connectivity index (χ4n) is 5.48. The molecule has 2 aromatic rings. The van der Waals surface area contributed by atoms with Gasteiger partial charge >= 0.3 is 5.97 Å². The van der Waals surface area contributed by atoms with Crippen molar-refractivity contribution < 1.29 is 33.6 Å². The molecule has 1 unspecified atom stereocenters. The highest BCUT2D eigenvalue weighted by Crippen LogP contribution is 2.39. The molecule has 10 heteroatoms. The maximum atomic E-state index is 12.4. The molecule has 0 aliphatic carbocycles. The second-order valence-electron chi connectivity index (χ2n) is 12.1. The first-order valence-corrected chi connectivity index (χ1v) is 15.7. The predicted octanol–water partition coefficient (Wildman–Crippen LogP) is 7.05. The summed E-state index contributed by atoms with van der Waals surface area (Å²) in [7, 11) is 1.65. The minimum atomic E-state index is -0.869. The van der Waals surface area contributed by atoms with E-state index in [4.69, 9.17) is 23.7 Å². The van der Waals surface area contributed by atoms with E-state index in [-0.39, 0.29) is 29.6 Å². The molecule has 1 aliphatic heterocycles. The van der Waals surface area contributed by atoms with Crippen LogP contribution in [0.3, 0.4) is 0 Å². The van der Waals surface area contributed by atoms with Crippen LogP contribution in [0.25, 0.3) is 10.4 Å². The van der Waals surface area contributed by atoms with E-state index in [0.29, 0.717) is 75.8 Å². The SMILES string of the molecule is COCCCOc1cc(C(O)[C@@H](C[C@H](N=[N+]=[N-])[C@@H]2C[C@@H](C(C)C)C(=O)O2)C(C)C)ccc1OCCCOCc1ccccc1. The van der Waals surface area contributed by atoms with E-state index in [1.54, 1.807) is 7.11 Å². The van der Waals surface area contributed by atoms with E-state index in [1.807, 2.05) is 76.2 Å². The molecular formula is C34H49N3O7. The fraction of sp³-hybridized carbons (Fsp3) is 0.618. The Hall–Kier alpha value is -3.30. The van der Waals surface area contributed by atoms with Crippen LogP contribution in [0.1, 0.15) is 70.6 Å². The first-order valence-electron chi connectivity index (χ1n) is 15.7. The van der Waals surface area contributed by atoms with Crippen LogP contribution in [-0.2, 0) is 25.6 Å². The van der Waals surface area contributed by atoms with Gasteiger partial charge in [-0.15, -0.1) is 0 Å². The Kier molecular flexibility index (Phi) is 14.8. The van der Waals surface area contributed by atoms with Crippen molar-refractivity contribution in [3.63, 3.8) is 0 Å². The number of esters is 1. The van der Waals surface area contributed by atoms with Crippen molar-refractivity contribution in [2.75, 3.05) is 33.5 Å². The van der Waals surface area contributed by atoms with Crippen molar-refractivity contribution in [2.24, 2.45) is 28.8 Å². The zero-order valence-corrected chi connectivity index (χ0v) is 26.8. The van der Waals surface area contributed by atoms with Crippen LogP contribution >= 0.6 is 0 Å². The number of aliphatic hydroxyl groups excluding tert-OH is 1. The molecule has 0 amide bonds. The summed E-state index contributed by atoms with van der Waals surface area (Å²) >= 11 is 0. The molecule has 242 valence electrons. The van der Waals surface area contributed by atoms with Crippen molar-refractivity contribution in [1.29, 1.82) is 0 Å². The number of benzene rings is 2. The lowest BCUT2D eigenvalue weighted by Gasteiger charge is -2.31. The maximum Gasteiger partial charge on any atom is 0.309 e. The van der Waals surface area contributed by atoms with Crippen LogP contribution in [0.4, 0.5) is 0 Å². The van der Waals surface area contributed by atoms with Gasteiger partial charge in [0.05, 0.1) is 44.5 Å². The number of carbonyl (C=O) groups excluding carboxylic acids is 1. The Morgan fingerprint density at radius 3 is 2.34 bits per heavy atom. The van der Waals surface area contributed by atoms with Crippen LogP contribution in [0.15, 0.2) is 53.6 Å². The molecule has 1 saturated heterocycles. The minimum absolute atomic E-state index is 0.0530. The summed E-state index contributed by atoms with van der Waals surface area (Å²) in [6.07, 6.45) is 0.911. The highest BCUT2D eigenvalue weighted by atomic mass is 16.6. The Morgan fingerprint density at radius 2 is 1.70 bits per heavy atom. The Labute approximate surface area is 261 Å². The van der Waals surface area contributed by atoms with Gasteiger partial charge in [0.15, 0.2) is 11.5 Å². The molecule has 10 nitrogen and oxygen atoms in total. The van der Waals surface area contributed by atoms with Crippen molar-refractivity contribution in [1.82, 2.24) is 0 Å². The third kappa shape index (κ3) is 10.7. The number of cyclic esters (lactones) is 1. The monoisotopic (exact) mass is 611 g/mol. The number of methoxy groups -OCH3 is 1. The minimum Gasteiger partial charge on any atom is -0.490 e. The highest BCUT2D eigenvalue weighted by Gasteiger charge is 2.41. The molecule has 0 aromatic heterocycles. The lowest BCUT2D eigenvalue weighted by Crippen LogP contribution is -2.31. The summed E-state index contributed by atoms with van der Waals surface area (Å²) in [4.78, 5) is 15.5. The Balaban J connectivity index is 1.68. The smallest absolute Gasteiger partial charge is 0.309 e. The van der Waals surface area contributed by atoms with Crippen LogP contribution in [0, 0.1) is 23.7 Å². The largest absolute Gasteiger partial charge is 0.490 e. The average Bonchev–Trinajstić information content (AvgIpc) is 3.41. The highest BCUT2D eigenvalue weighted by molar-refractivity contribution is 5.75. The van der Waals surface area contributed by atoms with Crippen LogP contribution in [0.2, 0.25) is 0 Å². The second kappa shape index (κ2) is 18.5. The van der Waals surface area contributed by atoms with Crippen molar-refractivity contribution in [3.8, 4) is 11.5 Å². The van der Waals surface area contributed by atoms with Crippen LogP contribution < -0.4 is 9.47 Å². The number of ether oxygens (including phenoxy) is 5. The van der Waals surface area contributed by atoms with Gasteiger partial charge < -0.3 is 28.8 Å². The van der Waals surface area contributed by atoms with Gasteiger partial charge in [0, 0.05) is 31.5 Å². The summed E-state index contributed by atoms with van der Waals surface area (Å²) in [6.45, 7) is 10.6. The molecule has 0 radical (unpaired) electrons. The predicted molar refractivity (Wildman–Crippen MR) is 168 cm³/mol. The van der Waals surface area contributed by atoms with Crippen molar-refractivity contribution >= 4 is 5.97 Å². The van der Waals surface area contributed by atoms with Gasteiger partial charge in [-0.05, 0) is 59.4 Å². The second-order valence-corrected chi connectivity index (χ2v) is 12.1. The average molecular weight is 612 g/mol. The number of nitrogens with zero attached hydrogens (tertiary/aromatic N) is 3.